The van der Waals surface area contributed by atoms with Gasteiger partial charge in [0.25, 0.3) is 0 Å². The van der Waals surface area contributed by atoms with E-state index in [1.807, 2.05) is 24.3 Å². The second kappa shape index (κ2) is 6.71. The summed E-state index contributed by atoms with van der Waals surface area (Å²) in [6.07, 6.45) is 7.95. The van der Waals surface area contributed by atoms with Gasteiger partial charge in [-0.15, -0.1) is 13.0 Å². The fraction of sp³-hybridized carbons (Fsp3) is 0.286. The third kappa shape index (κ3) is 3.45. The van der Waals surface area contributed by atoms with Crippen LogP contribution in [0.2, 0.25) is 0 Å². The lowest BCUT2D eigenvalue weighted by Gasteiger charge is -2.12. The number of hydrogen-bond acceptors (Lipinski definition) is 2. The van der Waals surface area contributed by atoms with Crippen LogP contribution in [-0.4, -0.2) is 11.7 Å². The number of hydrogen-bond donors (Lipinski definition) is 1. The third-order valence-corrected chi connectivity index (χ3v) is 2.18. The molecule has 0 spiro atoms. The van der Waals surface area contributed by atoms with Crippen molar-refractivity contribution in [2.24, 2.45) is 0 Å². The van der Waals surface area contributed by atoms with E-state index in [4.69, 9.17) is 11.2 Å². The predicted octanol–water partition coefficient (Wildman–Crippen LogP) is 2.70. The van der Waals surface area contributed by atoms with Gasteiger partial charge in [-0.05, 0) is 18.9 Å². The maximum absolute atomic E-state index is 9.58. The van der Waals surface area contributed by atoms with Crippen molar-refractivity contribution in [3.8, 4) is 18.1 Å². The van der Waals surface area contributed by atoms with E-state index >= 15 is 0 Å². The molecule has 0 aliphatic carbocycles. The summed E-state index contributed by atoms with van der Waals surface area (Å²) < 4.78 is 5.56. The SMILES string of the molecule is C#CC(O)c1ccccc1OCCCC=C. The highest BCUT2D eigenvalue weighted by molar-refractivity contribution is 5.38. The van der Waals surface area contributed by atoms with Gasteiger partial charge in [-0.2, -0.15) is 0 Å². The molecule has 1 aromatic rings. The lowest BCUT2D eigenvalue weighted by molar-refractivity contribution is 0.226. The van der Waals surface area contributed by atoms with E-state index in [0.717, 1.165) is 12.8 Å². The highest BCUT2D eigenvalue weighted by atomic mass is 16.5. The first kappa shape index (κ1) is 12.4. The first-order valence-electron chi connectivity index (χ1n) is 5.26. The molecule has 0 saturated carbocycles. The Kier molecular flexibility index (Phi) is 5.18. The van der Waals surface area contributed by atoms with Crippen LogP contribution in [0.25, 0.3) is 0 Å². The highest BCUT2D eigenvalue weighted by Crippen LogP contribution is 2.24. The van der Waals surface area contributed by atoms with E-state index in [0.29, 0.717) is 17.9 Å². The molecule has 2 nitrogen and oxygen atoms in total. The average molecular weight is 216 g/mol. The lowest BCUT2D eigenvalue weighted by Crippen LogP contribution is -2.02. The number of para-hydroxylation sites is 1. The molecule has 16 heavy (non-hydrogen) atoms. The Balaban J connectivity index is 2.64. The number of benzene rings is 1. The first-order valence-corrected chi connectivity index (χ1v) is 5.26. The van der Waals surface area contributed by atoms with Gasteiger partial charge in [0.1, 0.15) is 11.9 Å². The third-order valence-electron chi connectivity index (χ3n) is 2.18. The monoisotopic (exact) mass is 216 g/mol. The van der Waals surface area contributed by atoms with Gasteiger partial charge in [0.15, 0.2) is 0 Å². The summed E-state index contributed by atoms with van der Waals surface area (Å²) in [5, 5.41) is 9.58. The Morgan fingerprint density at radius 1 is 1.50 bits per heavy atom. The fourth-order valence-electron chi connectivity index (χ4n) is 1.34. The van der Waals surface area contributed by atoms with Crippen molar-refractivity contribution in [2.45, 2.75) is 18.9 Å². The van der Waals surface area contributed by atoms with Crippen molar-refractivity contribution in [2.75, 3.05) is 6.61 Å². The van der Waals surface area contributed by atoms with Crippen LogP contribution in [0.3, 0.4) is 0 Å². The highest BCUT2D eigenvalue weighted by Gasteiger charge is 2.09. The second-order valence-electron chi connectivity index (χ2n) is 3.39. The van der Waals surface area contributed by atoms with E-state index in [9.17, 15) is 5.11 Å². The fourth-order valence-corrected chi connectivity index (χ4v) is 1.34. The van der Waals surface area contributed by atoms with Gasteiger partial charge in [0, 0.05) is 5.56 Å². The topological polar surface area (TPSA) is 29.5 Å². The summed E-state index contributed by atoms with van der Waals surface area (Å²) in [6.45, 7) is 4.24. The van der Waals surface area contributed by atoms with E-state index in [1.54, 1.807) is 6.07 Å². The van der Waals surface area contributed by atoms with Crippen LogP contribution in [0.5, 0.6) is 5.75 Å². The smallest absolute Gasteiger partial charge is 0.143 e. The Labute approximate surface area is 96.6 Å². The summed E-state index contributed by atoms with van der Waals surface area (Å²) in [6, 6.07) is 7.26. The Bertz CT molecular complexity index is 377. The lowest BCUT2D eigenvalue weighted by atomic mass is 10.1. The largest absolute Gasteiger partial charge is 0.493 e. The maximum Gasteiger partial charge on any atom is 0.143 e. The Morgan fingerprint density at radius 2 is 2.25 bits per heavy atom. The molecule has 1 N–H and O–H groups in total. The molecule has 0 aromatic heterocycles. The van der Waals surface area contributed by atoms with Crippen molar-refractivity contribution >= 4 is 0 Å². The number of terminal acetylenes is 1. The molecule has 1 unspecified atom stereocenters. The van der Waals surface area contributed by atoms with Gasteiger partial charge in [-0.25, -0.2) is 0 Å². The van der Waals surface area contributed by atoms with Crippen LogP contribution < -0.4 is 4.74 Å². The van der Waals surface area contributed by atoms with Gasteiger partial charge < -0.3 is 9.84 Å². The first-order chi connectivity index (χ1) is 7.79. The molecular formula is C14H16O2. The van der Waals surface area contributed by atoms with Crippen molar-refractivity contribution in [3.63, 3.8) is 0 Å². The van der Waals surface area contributed by atoms with Crippen molar-refractivity contribution < 1.29 is 9.84 Å². The number of aliphatic hydroxyl groups excluding tert-OH is 1. The molecule has 0 aliphatic heterocycles. The van der Waals surface area contributed by atoms with E-state index < -0.39 is 6.10 Å². The average Bonchev–Trinajstić information content (AvgIpc) is 2.34. The zero-order valence-electron chi connectivity index (χ0n) is 9.23. The van der Waals surface area contributed by atoms with Crippen LogP contribution in [0.4, 0.5) is 0 Å². The zero-order valence-corrected chi connectivity index (χ0v) is 9.23. The molecule has 1 atom stereocenters. The van der Waals surface area contributed by atoms with Crippen LogP contribution >= 0.6 is 0 Å². The minimum Gasteiger partial charge on any atom is -0.493 e. The summed E-state index contributed by atoms with van der Waals surface area (Å²) in [5.41, 5.74) is 0.642. The minimum atomic E-state index is -0.907. The van der Waals surface area contributed by atoms with Gasteiger partial charge in [-0.3, -0.25) is 0 Å². The Hall–Kier alpha value is -1.72. The van der Waals surface area contributed by atoms with Gasteiger partial charge in [0.05, 0.1) is 6.61 Å². The molecule has 1 aromatic carbocycles. The number of aliphatic hydroxyl groups is 1. The van der Waals surface area contributed by atoms with E-state index in [2.05, 4.69) is 12.5 Å². The molecular weight excluding hydrogens is 200 g/mol. The van der Waals surface area contributed by atoms with Crippen LogP contribution in [-0.2, 0) is 0 Å². The van der Waals surface area contributed by atoms with Crippen molar-refractivity contribution in [1.29, 1.82) is 0 Å². The number of unbranched alkanes of at least 4 members (excludes halogenated alkanes) is 1. The second-order valence-corrected chi connectivity index (χ2v) is 3.39. The van der Waals surface area contributed by atoms with Gasteiger partial charge in [-0.1, -0.05) is 30.2 Å². The number of allylic oxidation sites excluding steroid dienone is 1. The predicted molar refractivity (Wildman–Crippen MR) is 65.2 cm³/mol. The van der Waals surface area contributed by atoms with E-state index in [-0.39, 0.29) is 0 Å². The molecule has 0 saturated heterocycles. The molecule has 84 valence electrons. The summed E-state index contributed by atoms with van der Waals surface area (Å²) in [4.78, 5) is 0. The standard InChI is InChI=1S/C14H16O2/c1-3-5-8-11-16-14-10-7-6-9-12(14)13(15)4-2/h2-3,6-7,9-10,13,15H,1,5,8,11H2. The van der Waals surface area contributed by atoms with Crippen molar-refractivity contribution in [1.82, 2.24) is 0 Å². The normalized spacial score (nSPS) is 11.5. The van der Waals surface area contributed by atoms with Gasteiger partial charge in [0.2, 0.25) is 0 Å². The molecule has 1 rings (SSSR count). The quantitative estimate of drug-likeness (QED) is 0.450. The minimum absolute atomic E-state index is 0.598. The number of rotatable bonds is 6. The number of ether oxygens (including phenoxy) is 1. The zero-order chi connectivity index (χ0) is 11.8. The van der Waals surface area contributed by atoms with Crippen LogP contribution in [0, 0.1) is 12.3 Å². The summed E-state index contributed by atoms with van der Waals surface area (Å²) in [5.74, 6) is 2.93. The molecule has 0 aliphatic rings. The van der Waals surface area contributed by atoms with Gasteiger partial charge >= 0.3 is 0 Å². The van der Waals surface area contributed by atoms with Crippen LogP contribution in [0.1, 0.15) is 24.5 Å². The maximum atomic E-state index is 9.58. The molecule has 0 amide bonds. The van der Waals surface area contributed by atoms with Crippen molar-refractivity contribution in [3.05, 3.63) is 42.5 Å². The molecule has 0 fully saturated rings. The molecule has 0 bridgehead atoms. The van der Waals surface area contributed by atoms with Crippen LogP contribution in [0.15, 0.2) is 36.9 Å². The molecule has 0 radical (unpaired) electrons. The van der Waals surface area contributed by atoms with E-state index in [1.165, 1.54) is 0 Å². The molecule has 0 heterocycles. The summed E-state index contributed by atoms with van der Waals surface area (Å²) in [7, 11) is 0. The molecule has 2 heteroatoms. The Morgan fingerprint density at radius 3 is 2.94 bits per heavy atom. The summed E-state index contributed by atoms with van der Waals surface area (Å²) >= 11 is 0.